The Morgan fingerprint density at radius 3 is 2.35 bits per heavy atom. The zero-order valence-corrected chi connectivity index (χ0v) is 13.5. The highest BCUT2D eigenvalue weighted by Crippen LogP contribution is 2.35. The van der Waals surface area contributed by atoms with Gasteiger partial charge >= 0.3 is 0 Å². The number of sulfonamides is 1. The van der Waals surface area contributed by atoms with Gasteiger partial charge in [-0.3, -0.25) is 0 Å². The van der Waals surface area contributed by atoms with E-state index in [-0.39, 0.29) is 27.1 Å². The summed E-state index contributed by atoms with van der Waals surface area (Å²) >= 11 is 12.0. The zero-order valence-electron chi connectivity index (χ0n) is 11.1. The molecular formula is C12H16Cl2N2O3S. The largest absolute Gasteiger partial charge is 0.399 e. The van der Waals surface area contributed by atoms with Gasteiger partial charge in [-0.15, -0.1) is 0 Å². The minimum atomic E-state index is -3.80. The lowest BCUT2D eigenvalue weighted by molar-refractivity contribution is 0.102. The van der Waals surface area contributed by atoms with E-state index in [9.17, 15) is 8.42 Å². The summed E-state index contributed by atoms with van der Waals surface area (Å²) in [5, 5.41) is 0.0434. The Bertz CT molecular complexity index is 598. The number of anilines is 1. The Kier molecular flexibility index (Phi) is 4.51. The quantitative estimate of drug-likeness (QED) is 0.858. The van der Waals surface area contributed by atoms with E-state index in [2.05, 4.69) is 0 Å². The zero-order chi connectivity index (χ0) is 15.1. The maximum Gasteiger partial charge on any atom is 0.246 e. The fourth-order valence-corrected chi connectivity index (χ4v) is 4.97. The van der Waals surface area contributed by atoms with Gasteiger partial charge in [0.2, 0.25) is 10.0 Å². The van der Waals surface area contributed by atoms with Crippen molar-refractivity contribution in [3.8, 4) is 0 Å². The summed E-state index contributed by atoms with van der Waals surface area (Å²) in [6.45, 7) is 2.38. The standard InChI is InChI=1S/C12H16Cl2N2O3S/c1-7-11(3-4-19-7)16(2)20(17,18)12-9(13)5-8(15)6-10(12)14/h5-7,11H,3-4,15H2,1-2H3. The molecule has 8 heteroatoms. The second-order valence-corrected chi connectivity index (χ2v) is 7.52. The van der Waals surface area contributed by atoms with Crippen molar-refractivity contribution >= 4 is 38.9 Å². The van der Waals surface area contributed by atoms with E-state index in [1.807, 2.05) is 6.92 Å². The number of benzene rings is 1. The second-order valence-electron chi connectivity index (χ2n) is 4.77. The number of hydrogen-bond acceptors (Lipinski definition) is 4. The van der Waals surface area contributed by atoms with Crippen LogP contribution in [0.1, 0.15) is 13.3 Å². The molecule has 2 N–H and O–H groups in total. The summed E-state index contributed by atoms with van der Waals surface area (Å²) in [5.41, 5.74) is 5.91. The van der Waals surface area contributed by atoms with Gasteiger partial charge in [0.1, 0.15) is 4.90 Å². The summed E-state index contributed by atoms with van der Waals surface area (Å²) in [5.74, 6) is 0. The van der Waals surface area contributed by atoms with E-state index in [0.29, 0.717) is 18.7 Å². The fraction of sp³-hybridized carbons (Fsp3) is 0.500. The molecule has 1 heterocycles. The summed E-state index contributed by atoms with van der Waals surface area (Å²) < 4.78 is 32.0. The minimum absolute atomic E-state index is 0.0217. The van der Waals surface area contributed by atoms with Crippen LogP contribution >= 0.6 is 23.2 Å². The third kappa shape index (κ3) is 2.76. The van der Waals surface area contributed by atoms with Crippen molar-refractivity contribution in [1.82, 2.24) is 4.31 Å². The first-order valence-electron chi connectivity index (χ1n) is 6.09. The van der Waals surface area contributed by atoms with Crippen LogP contribution < -0.4 is 5.73 Å². The molecule has 2 unspecified atom stereocenters. The van der Waals surface area contributed by atoms with Crippen LogP contribution in [-0.2, 0) is 14.8 Å². The number of halogens is 2. The van der Waals surface area contributed by atoms with E-state index in [1.54, 1.807) is 0 Å². The summed E-state index contributed by atoms with van der Waals surface area (Å²) in [7, 11) is -2.29. The van der Waals surface area contributed by atoms with Gasteiger partial charge in [-0.1, -0.05) is 23.2 Å². The van der Waals surface area contributed by atoms with Crippen molar-refractivity contribution in [1.29, 1.82) is 0 Å². The van der Waals surface area contributed by atoms with E-state index >= 15 is 0 Å². The number of hydrogen-bond donors (Lipinski definition) is 1. The van der Waals surface area contributed by atoms with Gasteiger partial charge < -0.3 is 10.5 Å². The van der Waals surface area contributed by atoms with Gasteiger partial charge in [-0.05, 0) is 25.5 Å². The molecule has 0 saturated carbocycles. The molecule has 20 heavy (non-hydrogen) atoms. The van der Waals surface area contributed by atoms with Crippen LogP contribution in [0.25, 0.3) is 0 Å². The fourth-order valence-electron chi connectivity index (χ4n) is 2.35. The monoisotopic (exact) mass is 338 g/mol. The van der Waals surface area contributed by atoms with Gasteiger partial charge in [0.05, 0.1) is 22.2 Å². The Hall–Kier alpha value is -0.530. The lowest BCUT2D eigenvalue weighted by Crippen LogP contribution is -2.41. The maximum absolute atomic E-state index is 12.7. The van der Waals surface area contributed by atoms with Gasteiger partial charge in [0.15, 0.2) is 0 Å². The highest BCUT2D eigenvalue weighted by molar-refractivity contribution is 7.89. The Morgan fingerprint density at radius 1 is 1.35 bits per heavy atom. The molecule has 5 nitrogen and oxygen atoms in total. The second kappa shape index (κ2) is 5.69. The van der Waals surface area contributed by atoms with Crippen LogP contribution in [0, 0.1) is 0 Å². The average Bonchev–Trinajstić information content (AvgIpc) is 2.72. The first-order chi connectivity index (χ1) is 9.25. The van der Waals surface area contributed by atoms with Crippen molar-refractivity contribution in [3.63, 3.8) is 0 Å². The van der Waals surface area contributed by atoms with Gasteiger partial charge in [-0.2, -0.15) is 4.31 Å². The molecule has 0 amide bonds. The smallest absolute Gasteiger partial charge is 0.246 e. The predicted molar refractivity (Wildman–Crippen MR) is 79.6 cm³/mol. The van der Waals surface area contributed by atoms with Crippen LogP contribution in [0.4, 0.5) is 5.69 Å². The Labute approximate surface area is 128 Å². The van der Waals surface area contributed by atoms with Crippen LogP contribution in [0.2, 0.25) is 10.0 Å². The summed E-state index contributed by atoms with van der Waals surface area (Å²) in [4.78, 5) is -0.114. The van der Waals surface area contributed by atoms with Crippen molar-refractivity contribution < 1.29 is 13.2 Å². The average molecular weight is 339 g/mol. The SMILES string of the molecule is CC1OCCC1N(C)S(=O)(=O)c1c(Cl)cc(N)cc1Cl. The molecule has 1 aliphatic rings. The topological polar surface area (TPSA) is 72.6 Å². The van der Waals surface area contributed by atoms with Crippen LogP contribution in [0.3, 0.4) is 0 Å². The number of nitrogens with two attached hydrogens (primary N) is 1. The normalized spacial score (nSPS) is 23.4. The molecule has 1 saturated heterocycles. The molecule has 0 radical (unpaired) electrons. The molecule has 1 fully saturated rings. The first kappa shape index (κ1) is 15.9. The van der Waals surface area contributed by atoms with Crippen LogP contribution in [-0.4, -0.2) is 38.5 Å². The van der Waals surface area contributed by atoms with Crippen LogP contribution in [0.15, 0.2) is 17.0 Å². The third-order valence-corrected chi connectivity index (χ3v) is 6.27. The van der Waals surface area contributed by atoms with Gasteiger partial charge in [-0.25, -0.2) is 8.42 Å². The third-order valence-electron chi connectivity index (χ3n) is 3.46. The summed E-state index contributed by atoms with van der Waals surface area (Å²) in [6, 6.07) is 2.52. The number of nitrogens with zero attached hydrogens (tertiary/aromatic N) is 1. The summed E-state index contributed by atoms with van der Waals surface area (Å²) in [6.07, 6.45) is 0.474. The van der Waals surface area contributed by atoms with E-state index in [4.69, 9.17) is 33.7 Å². The molecule has 1 aromatic carbocycles. The Morgan fingerprint density at radius 2 is 1.90 bits per heavy atom. The predicted octanol–water partition coefficient (Wildman–Crippen LogP) is 2.37. The van der Waals surface area contributed by atoms with Gasteiger partial charge in [0, 0.05) is 19.3 Å². The van der Waals surface area contributed by atoms with E-state index < -0.39 is 10.0 Å². The number of nitrogen functional groups attached to an aromatic ring is 1. The number of ether oxygens (including phenoxy) is 1. The molecule has 0 aromatic heterocycles. The maximum atomic E-state index is 12.7. The molecule has 0 aliphatic carbocycles. The molecule has 1 aliphatic heterocycles. The number of rotatable bonds is 3. The highest BCUT2D eigenvalue weighted by atomic mass is 35.5. The lowest BCUT2D eigenvalue weighted by atomic mass is 10.2. The van der Waals surface area contributed by atoms with Crippen LogP contribution in [0.5, 0.6) is 0 Å². The number of likely N-dealkylation sites (N-methyl/N-ethyl adjacent to an activating group) is 1. The first-order valence-corrected chi connectivity index (χ1v) is 8.29. The van der Waals surface area contributed by atoms with Crippen molar-refractivity contribution in [3.05, 3.63) is 22.2 Å². The Balaban J connectivity index is 2.45. The van der Waals surface area contributed by atoms with Crippen molar-refractivity contribution in [2.24, 2.45) is 0 Å². The lowest BCUT2D eigenvalue weighted by Gasteiger charge is -2.26. The van der Waals surface area contributed by atoms with E-state index in [0.717, 1.165) is 0 Å². The van der Waals surface area contributed by atoms with Crippen molar-refractivity contribution in [2.45, 2.75) is 30.4 Å². The molecule has 2 atom stereocenters. The molecule has 112 valence electrons. The van der Waals surface area contributed by atoms with Crippen molar-refractivity contribution in [2.75, 3.05) is 19.4 Å². The molecule has 0 bridgehead atoms. The van der Waals surface area contributed by atoms with Gasteiger partial charge in [0.25, 0.3) is 0 Å². The highest BCUT2D eigenvalue weighted by Gasteiger charge is 2.37. The minimum Gasteiger partial charge on any atom is -0.399 e. The molecule has 2 rings (SSSR count). The molecular weight excluding hydrogens is 323 g/mol. The molecule has 0 spiro atoms. The van der Waals surface area contributed by atoms with E-state index in [1.165, 1.54) is 23.5 Å². The molecule has 1 aromatic rings.